The van der Waals surface area contributed by atoms with Crippen molar-refractivity contribution in [1.82, 2.24) is 0 Å². The lowest BCUT2D eigenvalue weighted by molar-refractivity contribution is 0.381. The molecule has 0 saturated heterocycles. The molecule has 0 aliphatic carbocycles. The van der Waals surface area contributed by atoms with Crippen LogP contribution in [0.25, 0.3) is 0 Å². The topological polar surface area (TPSA) is 0 Å². The molecular formula is C22H36S. The average molecular weight is 333 g/mol. The molecular weight excluding hydrogens is 296 g/mol. The van der Waals surface area contributed by atoms with E-state index in [1.165, 1.54) is 17.5 Å². The largest absolute Gasteiger partial charge is 0.151 e. The van der Waals surface area contributed by atoms with Gasteiger partial charge in [-0.2, -0.15) is 11.8 Å². The van der Waals surface area contributed by atoms with Gasteiger partial charge in [0, 0.05) is 10.5 Å². The van der Waals surface area contributed by atoms with Crippen LogP contribution in [0.1, 0.15) is 99.8 Å². The number of thioether (sulfide) groups is 1. The highest BCUT2D eigenvalue weighted by Crippen LogP contribution is 2.49. The molecule has 0 N–H and O–H groups in total. The molecule has 1 aliphatic heterocycles. The Morgan fingerprint density at radius 1 is 1.00 bits per heavy atom. The molecule has 130 valence electrons. The fourth-order valence-corrected chi connectivity index (χ4v) is 5.71. The molecule has 0 spiro atoms. The van der Waals surface area contributed by atoms with Crippen molar-refractivity contribution in [3.8, 4) is 0 Å². The van der Waals surface area contributed by atoms with E-state index < -0.39 is 0 Å². The Morgan fingerprint density at radius 2 is 1.61 bits per heavy atom. The summed E-state index contributed by atoms with van der Waals surface area (Å²) in [6.07, 6.45) is 1.33. The summed E-state index contributed by atoms with van der Waals surface area (Å²) in [5, 5.41) is 1.34. The minimum absolute atomic E-state index is 0.599. The molecule has 4 atom stereocenters. The van der Waals surface area contributed by atoms with Gasteiger partial charge in [-0.25, -0.2) is 0 Å². The van der Waals surface area contributed by atoms with E-state index in [-0.39, 0.29) is 0 Å². The highest BCUT2D eigenvalue weighted by Gasteiger charge is 2.33. The van der Waals surface area contributed by atoms with E-state index >= 15 is 0 Å². The fraction of sp³-hybridized carbons (Fsp3) is 0.727. The Bertz CT molecular complexity index is 556. The van der Waals surface area contributed by atoms with Gasteiger partial charge in [0.1, 0.15) is 0 Å². The van der Waals surface area contributed by atoms with Crippen molar-refractivity contribution in [2.45, 2.75) is 91.1 Å². The minimum Gasteiger partial charge on any atom is -0.151 e. The van der Waals surface area contributed by atoms with Crippen LogP contribution >= 0.6 is 11.8 Å². The Kier molecular flexibility index (Phi) is 5.93. The third-order valence-corrected chi connectivity index (χ3v) is 7.56. The molecule has 0 aromatic heterocycles. The summed E-state index contributed by atoms with van der Waals surface area (Å²) in [5.74, 6) is 2.79. The van der Waals surface area contributed by atoms with Gasteiger partial charge >= 0.3 is 0 Å². The zero-order valence-corrected chi connectivity index (χ0v) is 17.5. The van der Waals surface area contributed by atoms with Gasteiger partial charge in [-0.05, 0) is 78.7 Å². The van der Waals surface area contributed by atoms with Crippen molar-refractivity contribution in [1.29, 1.82) is 0 Å². The standard InChI is InChI=1S/C22H36S/c1-12(2)19-10-14(5)16(7)21-18(9)23-17(8)15(6)11-20(13(3)4)22(19)21/h10,12-13,15,17-18,20H,11H2,1-9H3/t15-,17-,18+,20?/m1/s1. The van der Waals surface area contributed by atoms with Gasteiger partial charge in [-0.1, -0.05) is 47.6 Å². The lowest BCUT2D eigenvalue weighted by Gasteiger charge is -2.38. The first kappa shape index (κ1) is 18.9. The molecule has 1 unspecified atom stereocenters. The number of hydrogen-bond acceptors (Lipinski definition) is 1. The number of benzene rings is 1. The highest BCUT2D eigenvalue weighted by molar-refractivity contribution is 8.00. The highest BCUT2D eigenvalue weighted by atomic mass is 32.2. The van der Waals surface area contributed by atoms with Crippen molar-refractivity contribution in [3.05, 3.63) is 33.9 Å². The van der Waals surface area contributed by atoms with Crippen LogP contribution in [0.4, 0.5) is 0 Å². The van der Waals surface area contributed by atoms with E-state index in [4.69, 9.17) is 0 Å². The predicted molar refractivity (Wildman–Crippen MR) is 107 cm³/mol. The van der Waals surface area contributed by atoms with Crippen LogP contribution in [-0.2, 0) is 0 Å². The summed E-state index contributed by atoms with van der Waals surface area (Å²) in [6, 6.07) is 2.49. The summed E-state index contributed by atoms with van der Waals surface area (Å²) >= 11 is 2.18. The zero-order valence-electron chi connectivity index (χ0n) is 16.7. The Hall–Kier alpha value is -0.430. The second-order valence-corrected chi connectivity index (χ2v) is 10.2. The number of aryl methyl sites for hydroxylation is 1. The third kappa shape index (κ3) is 3.65. The van der Waals surface area contributed by atoms with Crippen molar-refractivity contribution in [3.63, 3.8) is 0 Å². The summed E-state index contributed by atoms with van der Waals surface area (Å²) < 4.78 is 0. The zero-order chi connectivity index (χ0) is 17.5. The monoisotopic (exact) mass is 332 g/mol. The van der Waals surface area contributed by atoms with Crippen LogP contribution in [-0.4, -0.2) is 5.25 Å². The van der Waals surface area contributed by atoms with Gasteiger partial charge in [0.25, 0.3) is 0 Å². The molecule has 0 amide bonds. The van der Waals surface area contributed by atoms with Gasteiger partial charge in [0.05, 0.1) is 0 Å². The first-order valence-electron chi connectivity index (χ1n) is 9.44. The van der Waals surface area contributed by atoms with Crippen molar-refractivity contribution in [2.24, 2.45) is 11.8 Å². The van der Waals surface area contributed by atoms with Gasteiger partial charge in [0.15, 0.2) is 0 Å². The van der Waals surface area contributed by atoms with Gasteiger partial charge in [-0.3, -0.25) is 0 Å². The summed E-state index contributed by atoms with van der Waals surface area (Å²) in [4.78, 5) is 0. The molecule has 0 saturated carbocycles. The van der Waals surface area contributed by atoms with E-state index in [0.717, 1.165) is 11.2 Å². The van der Waals surface area contributed by atoms with Crippen LogP contribution in [0, 0.1) is 25.7 Å². The van der Waals surface area contributed by atoms with Gasteiger partial charge in [-0.15, -0.1) is 0 Å². The van der Waals surface area contributed by atoms with Crippen LogP contribution in [0.2, 0.25) is 0 Å². The molecule has 0 fully saturated rings. The summed E-state index contributed by atoms with van der Waals surface area (Å²) in [7, 11) is 0. The predicted octanol–water partition coefficient (Wildman–Crippen LogP) is 7.39. The van der Waals surface area contributed by atoms with E-state index in [2.05, 4.69) is 80.1 Å². The van der Waals surface area contributed by atoms with Crippen LogP contribution < -0.4 is 0 Å². The molecule has 1 aliphatic rings. The Balaban J connectivity index is 2.77. The molecule has 1 aromatic carbocycles. The maximum atomic E-state index is 2.49. The second-order valence-electron chi connectivity index (χ2n) is 8.44. The number of hydrogen-bond donors (Lipinski definition) is 0. The maximum Gasteiger partial charge on any atom is 0.0277 e. The van der Waals surface area contributed by atoms with E-state index in [0.29, 0.717) is 23.0 Å². The normalized spacial score (nSPS) is 28.7. The molecule has 0 radical (unpaired) electrons. The molecule has 1 aromatic rings. The molecule has 0 nitrogen and oxygen atoms in total. The van der Waals surface area contributed by atoms with E-state index in [1.807, 2.05) is 0 Å². The average Bonchev–Trinajstić information content (AvgIpc) is 2.44. The molecule has 23 heavy (non-hydrogen) atoms. The van der Waals surface area contributed by atoms with Gasteiger partial charge in [0.2, 0.25) is 0 Å². The first-order valence-corrected chi connectivity index (χ1v) is 10.4. The van der Waals surface area contributed by atoms with Crippen LogP contribution in [0.5, 0.6) is 0 Å². The SMILES string of the molecule is Cc1cc(C(C)C)c2c(c1C)[C@H](C)S[C@H](C)[C@H](C)CC2C(C)C. The smallest absolute Gasteiger partial charge is 0.0277 e. The summed E-state index contributed by atoms with van der Waals surface area (Å²) in [5.41, 5.74) is 7.99. The first-order chi connectivity index (χ1) is 10.6. The Labute approximate surface area is 148 Å². The maximum absolute atomic E-state index is 2.49. The Morgan fingerprint density at radius 3 is 2.13 bits per heavy atom. The third-order valence-electron chi connectivity index (χ3n) is 6.02. The molecule has 1 heteroatoms. The van der Waals surface area contributed by atoms with Crippen LogP contribution in [0.15, 0.2) is 6.07 Å². The number of rotatable bonds is 2. The minimum atomic E-state index is 0.599. The van der Waals surface area contributed by atoms with E-state index in [9.17, 15) is 0 Å². The van der Waals surface area contributed by atoms with E-state index in [1.54, 1.807) is 16.7 Å². The second kappa shape index (κ2) is 7.21. The lowest BCUT2D eigenvalue weighted by atomic mass is 9.73. The quantitative estimate of drug-likeness (QED) is 0.544. The van der Waals surface area contributed by atoms with Crippen molar-refractivity contribution < 1.29 is 0 Å². The van der Waals surface area contributed by atoms with Crippen molar-refractivity contribution in [2.75, 3.05) is 0 Å². The fourth-order valence-electron chi connectivity index (χ4n) is 4.24. The lowest BCUT2D eigenvalue weighted by Crippen LogP contribution is -2.24. The molecule has 1 heterocycles. The van der Waals surface area contributed by atoms with Crippen LogP contribution in [0.3, 0.4) is 0 Å². The van der Waals surface area contributed by atoms with Crippen molar-refractivity contribution >= 4 is 11.8 Å². The molecule has 2 rings (SSSR count). The summed E-state index contributed by atoms with van der Waals surface area (Å²) in [6.45, 7) is 21.6. The molecule has 0 bridgehead atoms. The number of fused-ring (bicyclic) bond motifs is 1. The van der Waals surface area contributed by atoms with Gasteiger partial charge < -0.3 is 0 Å².